The number of fused-ring (bicyclic) bond motifs is 2. The summed E-state index contributed by atoms with van der Waals surface area (Å²) in [5, 5.41) is 12.0. The molecule has 2 aromatic heterocycles. The maximum Gasteiger partial charge on any atom is 0.274 e. The van der Waals surface area contributed by atoms with Crippen LogP contribution in [0.4, 0.5) is 5.69 Å². The number of benzene rings is 2. The lowest BCUT2D eigenvalue weighted by Crippen LogP contribution is -2.48. The maximum atomic E-state index is 13.1. The van der Waals surface area contributed by atoms with Gasteiger partial charge in [0.2, 0.25) is 5.91 Å². The molecular weight excluding hydrogens is 436 g/mol. The molecule has 0 radical (unpaired) electrons. The normalized spacial score (nSPS) is 15.6. The van der Waals surface area contributed by atoms with E-state index in [2.05, 4.69) is 26.3 Å². The van der Waals surface area contributed by atoms with Crippen LogP contribution in [0.1, 0.15) is 23.5 Å². The fraction of sp³-hybridized carbons (Fsp3) is 0.250. The first-order valence-electron chi connectivity index (χ1n) is 10.2. The van der Waals surface area contributed by atoms with Gasteiger partial charge in [-0.2, -0.15) is 0 Å². The Morgan fingerprint density at radius 2 is 1.97 bits per heavy atom. The van der Waals surface area contributed by atoms with E-state index in [4.69, 9.17) is 0 Å². The predicted octanol–water partition coefficient (Wildman–Crippen LogP) is 3.32. The van der Waals surface area contributed by atoms with E-state index in [0.717, 1.165) is 27.0 Å². The van der Waals surface area contributed by atoms with Crippen molar-refractivity contribution in [3.63, 3.8) is 0 Å². The van der Waals surface area contributed by atoms with Gasteiger partial charge >= 0.3 is 0 Å². The quantitative estimate of drug-likeness (QED) is 0.503. The van der Waals surface area contributed by atoms with Crippen LogP contribution in [0.2, 0.25) is 0 Å². The molecule has 0 spiro atoms. The van der Waals surface area contributed by atoms with Gasteiger partial charge in [0, 0.05) is 41.8 Å². The van der Waals surface area contributed by atoms with Crippen molar-refractivity contribution in [3.05, 3.63) is 72.2 Å². The van der Waals surface area contributed by atoms with E-state index in [0.29, 0.717) is 12.3 Å². The van der Waals surface area contributed by atoms with E-state index in [1.165, 1.54) is 0 Å². The van der Waals surface area contributed by atoms with Crippen LogP contribution in [-0.2, 0) is 18.4 Å². The molecule has 5 rings (SSSR count). The summed E-state index contributed by atoms with van der Waals surface area (Å²) in [5.41, 5.74) is 3.21. The molecule has 0 saturated carbocycles. The van der Waals surface area contributed by atoms with Crippen molar-refractivity contribution in [2.45, 2.75) is 24.9 Å². The van der Waals surface area contributed by atoms with Crippen LogP contribution in [0.25, 0.3) is 10.9 Å². The number of carbonyl (C=O) groups excluding carboxylic acids is 2. The highest BCUT2D eigenvalue weighted by Gasteiger charge is 2.31. The molecule has 0 saturated heterocycles. The van der Waals surface area contributed by atoms with Gasteiger partial charge in [0.25, 0.3) is 5.91 Å². The van der Waals surface area contributed by atoms with Gasteiger partial charge in [0.1, 0.15) is 6.04 Å². The monoisotopic (exact) mass is 462 g/mol. The molecule has 1 N–H and O–H groups in total. The molecule has 1 aliphatic rings. The van der Waals surface area contributed by atoms with Crippen LogP contribution in [-0.4, -0.2) is 50.2 Å². The van der Waals surface area contributed by atoms with Crippen molar-refractivity contribution in [2.24, 2.45) is 7.05 Å². The number of aryl methyl sites for hydroxylation is 1. The molecule has 9 heteroatoms. The fourth-order valence-electron chi connectivity index (χ4n) is 3.85. The summed E-state index contributed by atoms with van der Waals surface area (Å²) in [6, 6.07) is 15.3. The second-order valence-electron chi connectivity index (χ2n) is 7.83. The first-order valence-corrected chi connectivity index (χ1v) is 11.2. The van der Waals surface area contributed by atoms with Crippen LogP contribution in [0.15, 0.2) is 65.8 Å². The van der Waals surface area contributed by atoms with Crippen molar-refractivity contribution >= 4 is 40.2 Å². The first kappa shape index (κ1) is 22.6. The minimum Gasteiger partial charge on any atom is -0.351 e. The van der Waals surface area contributed by atoms with Crippen molar-refractivity contribution in [1.82, 2.24) is 24.9 Å². The lowest BCUT2D eigenvalue weighted by Gasteiger charge is -2.21. The number of nitrogens with one attached hydrogen (secondary N) is 1. The van der Waals surface area contributed by atoms with E-state index in [9.17, 15) is 9.59 Å². The fourth-order valence-corrected chi connectivity index (χ4v) is 4.96. The Labute approximate surface area is 196 Å². The number of likely N-dealkylation sites (N-methyl/N-ethyl adjacent to an activating group) is 1. The smallest absolute Gasteiger partial charge is 0.274 e. The maximum absolute atomic E-state index is 13.1. The molecule has 1 aliphatic heterocycles. The molecule has 1 atom stereocenters. The van der Waals surface area contributed by atoms with E-state index < -0.39 is 11.9 Å². The second-order valence-corrected chi connectivity index (χ2v) is 8.89. The minimum atomic E-state index is -0.660. The van der Waals surface area contributed by atoms with Gasteiger partial charge in [0.15, 0.2) is 5.69 Å². The summed E-state index contributed by atoms with van der Waals surface area (Å²) < 4.78 is 3.67. The summed E-state index contributed by atoms with van der Waals surface area (Å²) in [5.74, 6) is -0.125. The van der Waals surface area contributed by atoms with Crippen LogP contribution in [0, 0.1) is 0 Å². The first-order chi connectivity index (χ1) is 15.5. The molecule has 0 bridgehead atoms. The summed E-state index contributed by atoms with van der Waals surface area (Å²) in [7, 11) is 3.75. The average Bonchev–Trinajstić information content (AvgIpc) is 3.39. The minimum absolute atomic E-state index is 0. The highest BCUT2D eigenvalue weighted by Crippen LogP contribution is 2.37. The Kier molecular flexibility index (Phi) is 6.24. The molecule has 0 aliphatic carbocycles. The summed E-state index contributed by atoms with van der Waals surface area (Å²) in [4.78, 5) is 28.6. The van der Waals surface area contributed by atoms with Gasteiger partial charge in [-0.05, 0) is 23.8 Å². The lowest BCUT2D eigenvalue weighted by molar-refractivity contribution is -0.119. The van der Waals surface area contributed by atoms with E-state index in [-0.39, 0.29) is 19.0 Å². The highest BCUT2D eigenvalue weighted by molar-refractivity contribution is 7.99. The van der Waals surface area contributed by atoms with Gasteiger partial charge in [-0.3, -0.25) is 9.59 Å². The zero-order chi connectivity index (χ0) is 22.2. The number of thioether (sulfide) groups is 1. The van der Waals surface area contributed by atoms with Gasteiger partial charge in [-0.1, -0.05) is 43.0 Å². The largest absolute Gasteiger partial charge is 0.351 e. The molecule has 3 heterocycles. The van der Waals surface area contributed by atoms with E-state index >= 15 is 0 Å². The molecule has 2 amide bonds. The second kappa shape index (κ2) is 9.11. The topological polar surface area (TPSA) is 85.1 Å². The van der Waals surface area contributed by atoms with Gasteiger partial charge in [-0.15, -0.1) is 16.9 Å². The van der Waals surface area contributed by atoms with Gasteiger partial charge in [0.05, 0.1) is 18.4 Å². The summed E-state index contributed by atoms with van der Waals surface area (Å²) >= 11 is 1.56. The number of rotatable bonds is 4. The van der Waals surface area contributed by atoms with Crippen molar-refractivity contribution in [1.29, 1.82) is 0 Å². The van der Waals surface area contributed by atoms with Crippen molar-refractivity contribution in [3.8, 4) is 0 Å². The number of nitrogens with zero attached hydrogens (tertiary/aromatic N) is 5. The third-order valence-electron chi connectivity index (χ3n) is 5.63. The SMILES string of the molecule is C.CN1C(=O)[C@@H](NC(=O)c2cn(Cc3ccccc3)nn2)CSc2cc3c(ccn3C)cc21. The van der Waals surface area contributed by atoms with Crippen LogP contribution >= 0.6 is 11.8 Å². The average molecular weight is 463 g/mol. The number of amides is 2. The molecular formula is C24H26N6O2S. The third-order valence-corrected chi connectivity index (χ3v) is 6.76. The number of anilines is 1. The molecule has 2 aromatic carbocycles. The Hall–Kier alpha value is -3.59. The van der Waals surface area contributed by atoms with Crippen LogP contribution in [0.5, 0.6) is 0 Å². The highest BCUT2D eigenvalue weighted by atomic mass is 32.2. The Morgan fingerprint density at radius 3 is 2.76 bits per heavy atom. The summed E-state index contributed by atoms with van der Waals surface area (Å²) in [6.45, 7) is 0.519. The number of aromatic nitrogens is 4. The lowest BCUT2D eigenvalue weighted by atomic mass is 10.2. The van der Waals surface area contributed by atoms with E-state index in [1.54, 1.807) is 34.6 Å². The van der Waals surface area contributed by atoms with Crippen molar-refractivity contribution < 1.29 is 9.59 Å². The zero-order valence-corrected chi connectivity index (χ0v) is 18.5. The molecule has 8 nitrogen and oxygen atoms in total. The van der Waals surface area contributed by atoms with Crippen LogP contribution < -0.4 is 10.2 Å². The molecule has 0 fully saturated rings. The molecule has 0 unspecified atom stereocenters. The number of carbonyl (C=O) groups is 2. The van der Waals surface area contributed by atoms with Gasteiger partial charge in [-0.25, -0.2) is 4.68 Å². The Balaban J connectivity index is 0.00000259. The summed E-state index contributed by atoms with van der Waals surface area (Å²) in [6.07, 6.45) is 3.60. The van der Waals surface area contributed by atoms with Gasteiger partial charge < -0.3 is 14.8 Å². The standard InChI is InChI=1S/C23H22N6O2S.CH4/c1-27-9-8-16-10-20-21(11-19(16)27)32-14-18(23(31)28(20)2)24-22(30)17-13-29(26-25-17)12-15-6-4-3-5-7-15;/h3-11,13,18H,12,14H2,1-2H3,(H,24,30);1H4/t18-;/m0./s1. The Morgan fingerprint density at radius 1 is 1.18 bits per heavy atom. The molecule has 4 aromatic rings. The molecule has 33 heavy (non-hydrogen) atoms. The Bertz CT molecular complexity index is 1310. The zero-order valence-electron chi connectivity index (χ0n) is 17.7. The molecule has 170 valence electrons. The van der Waals surface area contributed by atoms with Crippen molar-refractivity contribution in [2.75, 3.05) is 17.7 Å². The predicted molar refractivity (Wildman–Crippen MR) is 131 cm³/mol. The number of hydrogen-bond acceptors (Lipinski definition) is 5. The van der Waals surface area contributed by atoms with Crippen LogP contribution in [0.3, 0.4) is 0 Å². The number of hydrogen-bond donors (Lipinski definition) is 1. The van der Waals surface area contributed by atoms with E-state index in [1.807, 2.05) is 55.7 Å². The third kappa shape index (κ3) is 4.36.